The molecule has 1 atom stereocenters. The first-order valence-corrected chi connectivity index (χ1v) is 12.2. The fourth-order valence-corrected chi connectivity index (χ4v) is 5.55. The Morgan fingerprint density at radius 3 is 2.69 bits per heavy atom. The Labute approximate surface area is 180 Å². The number of carbonyl (C=O) groups is 1. The molecule has 0 aromatic carbocycles. The Morgan fingerprint density at radius 1 is 1.07 bits per heavy atom. The molecular weight excluding hydrogens is 384 g/mol. The molecule has 160 valence electrons. The van der Waals surface area contributed by atoms with Gasteiger partial charge in [0, 0.05) is 43.2 Å². The summed E-state index contributed by atoms with van der Waals surface area (Å²) in [6, 6.07) is 0.0280. The maximum atomic E-state index is 12.7. The van der Waals surface area contributed by atoms with Gasteiger partial charge in [0.2, 0.25) is 5.91 Å². The Kier molecular flexibility index (Phi) is 6.94. The maximum absolute atomic E-state index is 12.7. The number of hydrogen-bond donors (Lipinski definition) is 0. The molecule has 1 aromatic rings. The zero-order valence-corrected chi connectivity index (χ0v) is 18.6. The summed E-state index contributed by atoms with van der Waals surface area (Å²) in [4.78, 5) is 27.2. The summed E-state index contributed by atoms with van der Waals surface area (Å²) >= 11 is 5.80. The number of fused-ring (bicyclic) bond motifs is 1. The van der Waals surface area contributed by atoms with Crippen LogP contribution in [0.1, 0.15) is 87.3 Å². The van der Waals surface area contributed by atoms with Gasteiger partial charge in [0.25, 0.3) is 0 Å². The van der Waals surface area contributed by atoms with E-state index in [1.807, 2.05) is 4.90 Å². The molecule has 1 amide bonds. The Morgan fingerprint density at radius 2 is 1.90 bits per heavy atom. The number of carbonyl (C=O) groups excluding carboxylic acids is 1. The highest BCUT2D eigenvalue weighted by Gasteiger charge is 2.33. The lowest BCUT2D eigenvalue weighted by molar-refractivity contribution is -0.132. The maximum Gasteiger partial charge on any atom is 0.223 e. The van der Waals surface area contributed by atoms with Crippen molar-refractivity contribution >= 4 is 23.3 Å². The lowest BCUT2D eigenvalue weighted by Gasteiger charge is -2.35. The number of likely N-dealkylation sites (tertiary alicyclic amines) is 1. The molecule has 29 heavy (non-hydrogen) atoms. The SMILES string of the molecule is Cc1nc(C2CCCN2C(=O)CCCCl)nc2c1CCCN2CC1CCCCC1. The summed E-state index contributed by atoms with van der Waals surface area (Å²) in [6.07, 6.45) is 12.4. The zero-order valence-electron chi connectivity index (χ0n) is 17.8. The average Bonchev–Trinajstić information content (AvgIpc) is 3.23. The highest BCUT2D eigenvalue weighted by Crippen LogP contribution is 2.35. The van der Waals surface area contributed by atoms with Crippen molar-refractivity contribution in [3.63, 3.8) is 0 Å². The first-order chi connectivity index (χ1) is 14.2. The van der Waals surface area contributed by atoms with Crippen molar-refractivity contribution in [2.45, 2.75) is 83.6 Å². The van der Waals surface area contributed by atoms with E-state index in [-0.39, 0.29) is 11.9 Å². The van der Waals surface area contributed by atoms with E-state index in [0.29, 0.717) is 12.3 Å². The largest absolute Gasteiger partial charge is 0.356 e. The van der Waals surface area contributed by atoms with Gasteiger partial charge in [-0.2, -0.15) is 0 Å². The minimum Gasteiger partial charge on any atom is -0.356 e. The van der Waals surface area contributed by atoms with Crippen molar-refractivity contribution in [2.75, 3.05) is 30.4 Å². The third-order valence-electron chi connectivity index (χ3n) is 6.96. The normalized spacial score (nSPS) is 22.8. The number of rotatable bonds is 6. The van der Waals surface area contributed by atoms with E-state index < -0.39 is 0 Å². The molecule has 6 heteroatoms. The van der Waals surface area contributed by atoms with Crippen LogP contribution in [0.25, 0.3) is 0 Å². The van der Waals surface area contributed by atoms with Crippen LogP contribution in [0.15, 0.2) is 0 Å². The van der Waals surface area contributed by atoms with Crippen LogP contribution in [0.4, 0.5) is 5.82 Å². The standard InChI is InChI=1S/C23H35ClN4O/c1-17-19-10-6-14-27(16-18-8-3-2-4-9-18)23(19)26-22(25-17)20-11-7-15-28(20)21(29)12-5-13-24/h18,20H,2-16H2,1H3. The molecule has 0 bridgehead atoms. The van der Waals surface area contributed by atoms with E-state index in [4.69, 9.17) is 21.6 Å². The molecule has 1 unspecified atom stereocenters. The van der Waals surface area contributed by atoms with Gasteiger partial charge in [-0.15, -0.1) is 11.6 Å². The van der Waals surface area contributed by atoms with Crippen molar-refractivity contribution in [3.8, 4) is 0 Å². The molecule has 1 aromatic heterocycles. The summed E-state index contributed by atoms with van der Waals surface area (Å²) in [5.74, 6) is 3.55. The molecule has 0 N–H and O–H groups in total. The van der Waals surface area contributed by atoms with Gasteiger partial charge in [-0.1, -0.05) is 19.3 Å². The van der Waals surface area contributed by atoms with Crippen LogP contribution in [-0.2, 0) is 11.2 Å². The van der Waals surface area contributed by atoms with Crippen molar-refractivity contribution in [3.05, 3.63) is 17.1 Å². The number of anilines is 1. The molecule has 4 rings (SSSR count). The van der Waals surface area contributed by atoms with Gasteiger partial charge in [-0.25, -0.2) is 9.97 Å². The molecule has 0 spiro atoms. The smallest absolute Gasteiger partial charge is 0.223 e. The molecule has 1 saturated carbocycles. The van der Waals surface area contributed by atoms with Crippen LogP contribution in [-0.4, -0.2) is 46.3 Å². The van der Waals surface area contributed by atoms with Gasteiger partial charge in [0.15, 0.2) is 5.82 Å². The van der Waals surface area contributed by atoms with Gasteiger partial charge in [-0.05, 0) is 57.8 Å². The predicted octanol–water partition coefficient (Wildman–Crippen LogP) is 4.80. The number of alkyl halides is 1. The summed E-state index contributed by atoms with van der Waals surface area (Å²) in [5, 5.41) is 0. The van der Waals surface area contributed by atoms with Crippen LogP contribution < -0.4 is 4.90 Å². The topological polar surface area (TPSA) is 49.3 Å². The van der Waals surface area contributed by atoms with E-state index in [2.05, 4.69) is 11.8 Å². The minimum atomic E-state index is 0.0280. The second kappa shape index (κ2) is 9.63. The lowest BCUT2D eigenvalue weighted by atomic mass is 9.88. The number of nitrogens with zero attached hydrogens (tertiary/aromatic N) is 4. The van der Waals surface area contributed by atoms with E-state index in [1.54, 1.807) is 0 Å². The van der Waals surface area contributed by atoms with Crippen LogP contribution in [0.5, 0.6) is 0 Å². The van der Waals surface area contributed by atoms with Gasteiger partial charge >= 0.3 is 0 Å². The fraction of sp³-hybridized carbons (Fsp3) is 0.783. The molecule has 2 aliphatic heterocycles. The number of hydrogen-bond acceptors (Lipinski definition) is 4. The molecule has 2 fully saturated rings. The predicted molar refractivity (Wildman–Crippen MR) is 118 cm³/mol. The molecule has 1 saturated heterocycles. The van der Waals surface area contributed by atoms with Gasteiger partial charge in [0.1, 0.15) is 5.82 Å². The monoisotopic (exact) mass is 418 g/mol. The minimum absolute atomic E-state index is 0.0280. The van der Waals surface area contributed by atoms with E-state index in [0.717, 1.165) is 68.6 Å². The van der Waals surface area contributed by atoms with Crippen LogP contribution >= 0.6 is 11.6 Å². The second-order valence-electron chi connectivity index (χ2n) is 9.06. The number of aryl methyl sites for hydroxylation is 1. The Hall–Kier alpha value is -1.36. The van der Waals surface area contributed by atoms with Crippen molar-refractivity contribution in [1.29, 1.82) is 0 Å². The molecule has 1 aliphatic carbocycles. The van der Waals surface area contributed by atoms with Gasteiger partial charge in [-0.3, -0.25) is 4.79 Å². The van der Waals surface area contributed by atoms with Crippen LogP contribution in [0.3, 0.4) is 0 Å². The third-order valence-corrected chi connectivity index (χ3v) is 7.23. The van der Waals surface area contributed by atoms with Crippen molar-refractivity contribution in [1.82, 2.24) is 14.9 Å². The molecule has 5 nitrogen and oxygen atoms in total. The molecule has 3 aliphatic rings. The van der Waals surface area contributed by atoms with Crippen LogP contribution in [0.2, 0.25) is 0 Å². The molecule has 3 heterocycles. The lowest BCUT2D eigenvalue weighted by Crippen LogP contribution is -2.37. The average molecular weight is 419 g/mol. The fourth-order valence-electron chi connectivity index (χ4n) is 5.41. The first-order valence-electron chi connectivity index (χ1n) is 11.6. The number of halogens is 1. The summed E-state index contributed by atoms with van der Waals surface area (Å²) in [7, 11) is 0. The Balaban J connectivity index is 1.56. The number of amides is 1. The molecule has 0 radical (unpaired) electrons. The van der Waals surface area contributed by atoms with Crippen LogP contribution in [0, 0.1) is 12.8 Å². The van der Waals surface area contributed by atoms with E-state index >= 15 is 0 Å². The molecular formula is C23H35ClN4O. The summed E-state index contributed by atoms with van der Waals surface area (Å²) in [6.45, 7) is 5.17. The summed E-state index contributed by atoms with van der Waals surface area (Å²) < 4.78 is 0. The van der Waals surface area contributed by atoms with E-state index in [1.165, 1.54) is 44.1 Å². The van der Waals surface area contributed by atoms with Gasteiger partial charge < -0.3 is 9.80 Å². The van der Waals surface area contributed by atoms with Gasteiger partial charge in [0.05, 0.1) is 6.04 Å². The second-order valence-corrected chi connectivity index (χ2v) is 9.44. The first kappa shape index (κ1) is 20.9. The Bertz CT molecular complexity index is 719. The number of aromatic nitrogens is 2. The highest BCUT2D eigenvalue weighted by molar-refractivity contribution is 6.17. The third kappa shape index (κ3) is 4.70. The van der Waals surface area contributed by atoms with Crippen molar-refractivity contribution < 1.29 is 4.79 Å². The zero-order chi connectivity index (χ0) is 20.2. The highest BCUT2D eigenvalue weighted by atomic mass is 35.5. The van der Waals surface area contributed by atoms with Crippen molar-refractivity contribution in [2.24, 2.45) is 5.92 Å². The summed E-state index contributed by atoms with van der Waals surface area (Å²) in [5.41, 5.74) is 2.44. The van der Waals surface area contributed by atoms with E-state index in [9.17, 15) is 4.79 Å². The quantitative estimate of drug-likeness (QED) is 0.622.